The van der Waals surface area contributed by atoms with Gasteiger partial charge in [-0.25, -0.2) is 4.79 Å². The molecule has 3 rings (SSSR count). The number of methoxy groups -OCH3 is 1. The fourth-order valence-electron chi connectivity index (χ4n) is 3.22. The first-order valence-corrected chi connectivity index (χ1v) is 9.49. The van der Waals surface area contributed by atoms with Gasteiger partial charge in [-0.3, -0.25) is 0 Å². The van der Waals surface area contributed by atoms with E-state index in [1.165, 1.54) is 31.4 Å². The molecule has 1 aromatic rings. The number of carbonyl (C=O) groups excluding carboxylic acids is 1. The smallest absolute Gasteiger partial charge is 0.337 e. The van der Waals surface area contributed by atoms with Gasteiger partial charge in [0.25, 0.3) is 0 Å². The van der Waals surface area contributed by atoms with Gasteiger partial charge in [0.2, 0.25) is 6.29 Å². The number of aliphatic hydroxyl groups excluding tert-OH is 5. The first kappa shape index (κ1) is 23.8. The van der Waals surface area contributed by atoms with E-state index in [-0.39, 0.29) is 17.9 Å². The molecule has 12 nitrogen and oxygen atoms in total. The van der Waals surface area contributed by atoms with Crippen molar-refractivity contribution < 1.29 is 59.1 Å². The van der Waals surface area contributed by atoms with Crippen LogP contribution >= 0.6 is 0 Å². The molecular formula is C19H26O12. The van der Waals surface area contributed by atoms with Crippen molar-refractivity contribution in [1.29, 1.82) is 0 Å². The Balaban J connectivity index is 1.65. The Morgan fingerprint density at radius 1 is 1.16 bits per heavy atom. The number of ether oxygens (including phenoxy) is 5. The lowest BCUT2D eigenvalue weighted by molar-refractivity contribution is -0.289. The van der Waals surface area contributed by atoms with E-state index in [9.17, 15) is 30.3 Å². The molecule has 2 fully saturated rings. The molecule has 174 valence electrons. The summed E-state index contributed by atoms with van der Waals surface area (Å²) in [7, 11) is 1.22. The highest BCUT2D eigenvalue weighted by Crippen LogP contribution is 2.28. The van der Waals surface area contributed by atoms with Crippen LogP contribution in [-0.2, 0) is 18.9 Å². The van der Waals surface area contributed by atoms with E-state index in [1.807, 2.05) is 0 Å². The molecule has 1 aromatic carbocycles. The van der Waals surface area contributed by atoms with Gasteiger partial charge in [-0.05, 0) is 18.2 Å². The van der Waals surface area contributed by atoms with Crippen molar-refractivity contribution in [2.24, 2.45) is 0 Å². The van der Waals surface area contributed by atoms with Gasteiger partial charge < -0.3 is 54.3 Å². The van der Waals surface area contributed by atoms with Gasteiger partial charge in [-0.2, -0.15) is 0 Å². The number of hydrogen-bond acceptors (Lipinski definition) is 12. The summed E-state index contributed by atoms with van der Waals surface area (Å²) in [5, 5.41) is 59.8. The Morgan fingerprint density at radius 3 is 2.55 bits per heavy atom. The van der Waals surface area contributed by atoms with Crippen LogP contribution in [0.4, 0.5) is 0 Å². The first-order chi connectivity index (χ1) is 14.7. The highest BCUT2D eigenvalue weighted by molar-refractivity contribution is 5.89. The van der Waals surface area contributed by atoms with E-state index >= 15 is 0 Å². The number of aliphatic hydroxyl groups is 6. The molecule has 8 atom stereocenters. The molecule has 6 N–H and O–H groups in total. The molecule has 12 heteroatoms. The minimum absolute atomic E-state index is 0.137. The average Bonchev–Trinajstić information content (AvgIpc) is 3.07. The monoisotopic (exact) mass is 446 g/mol. The Morgan fingerprint density at radius 2 is 1.90 bits per heavy atom. The van der Waals surface area contributed by atoms with Crippen LogP contribution in [0.1, 0.15) is 10.4 Å². The normalized spacial score (nSPS) is 38.1. The molecule has 31 heavy (non-hydrogen) atoms. The van der Waals surface area contributed by atoms with E-state index in [0.717, 1.165) is 0 Å². The van der Waals surface area contributed by atoms with Gasteiger partial charge in [0, 0.05) is 0 Å². The first-order valence-electron chi connectivity index (χ1n) is 9.49. The number of carbonyl (C=O) groups is 1. The van der Waals surface area contributed by atoms with Crippen molar-refractivity contribution in [2.75, 3.05) is 26.9 Å². The fourth-order valence-corrected chi connectivity index (χ4v) is 3.22. The minimum atomic E-state index is -1.89. The van der Waals surface area contributed by atoms with Crippen molar-refractivity contribution in [1.82, 2.24) is 0 Å². The van der Waals surface area contributed by atoms with E-state index in [2.05, 4.69) is 4.74 Å². The number of esters is 1. The summed E-state index contributed by atoms with van der Waals surface area (Å²) >= 11 is 0. The highest BCUT2D eigenvalue weighted by Gasteiger charge is 2.50. The van der Waals surface area contributed by atoms with Crippen LogP contribution in [-0.4, -0.2) is 112 Å². The second-order valence-corrected chi connectivity index (χ2v) is 7.37. The lowest BCUT2D eigenvalue weighted by Gasteiger charge is -2.40. The van der Waals surface area contributed by atoms with Crippen LogP contribution in [0.15, 0.2) is 24.3 Å². The molecule has 0 bridgehead atoms. The third kappa shape index (κ3) is 4.98. The number of hydrogen-bond donors (Lipinski definition) is 6. The zero-order valence-electron chi connectivity index (χ0n) is 16.6. The molecule has 0 amide bonds. The maximum absolute atomic E-state index is 11.7. The highest BCUT2D eigenvalue weighted by atomic mass is 16.7. The van der Waals surface area contributed by atoms with Crippen molar-refractivity contribution in [2.45, 2.75) is 48.7 Å². The lowest BCUT2D eigenvalue weighted by Crippen LogP contribution is -2.60. The molecule has 2 aliphatic rings. The molecule has 0 aliphatic carbocycles. The molecule has 2 heterocycles. The Labute approximate surface area is 177 Å². The van der Waals surface area contributed by atoms with Crippen LogP contribution < -0.4 is 4.74 Å². The molecule has 2 saturated heterocycles. The zero-order valence-corrected chi connectivity index (χ0v) is 16.6. The van der Waals surface area contributed by atoms with Crippen molar-refractivity contribution in [3.8, 4) is 5.75 Å². The largest absolute Gasteiger partial charge is 0.465 e. The van der Waals surface area contributed by atoms with E-state index in [1.54, 1.807) is 0 Å². The van der Waals surface area contributed by atoms with Gasteiger partial charge >= 0.3 is 5.97 Å². The fraction of sp³-hybridized carbons (Fsp3) is 0.632. The van der Waals surface area contributed by atoms with Crippen LogP contribution in [0.2, 0.25) is 0 Å². The molecule has 0 aromatic heterocycles. The van der Waals surface area contributed by atoms with Crippen molar-refractivity contribution in [3.63, 3.8) is 0 Å². The zero-order chi connectivity index (χ0) is 22.8. The molecule has 0 saturated carbocycles. The summed E-state index contributed by atoms with van der Waals surface area (Å²) in [6, 6.07) is 5.85. The average molecular weight is 446 g/mol. The Bertz CT molecular complexity index is 759. The van der Waals surface area contributed by atoms with E-state index in [4.69, 9.17) is 24.1 Å². The van der Waals surface area contributed by atoms with Gasteiger partial charge in [0.05, 0.1) is 32.5 Å². The lowest BCUT2D eigenvalue weighted by atomic mass is 9.99. The molecule has 2 aliphatic heterocycles. The van der Waals surface area contributed by atoms with Crippen LogP contribution in [0.3, 0.4) is 0 Å². The predicted octanol–water partition coefficient (Wildman–Crippen LogP) is -2.88. The summed E-state index contributed by atoms with van der Waals surface area (Å²) in [5.41, 5.74) is -1.70. The van der Waals surface area contributed by atoms with E-state index < -0.39 is 67.9 Å². The quantitative estimate of drug-likeness (QED) is 0.235. The summed E-state index contributed by atoms with van der Waals surface area (Å²) in [5.74, 6) is -0.465. The summed E-state index contributed by atoms with van der Waals surface area (Å²) < 4.78 is 26.1. The van der Waals surface area contributed by atoms with Crippen LogP contribution in [0.5, 0.6) is 5.75 Å². The maximum atomic E-state index is 11.7. The predicted molar refractivity (Wildman–Crippen MR) is 98.8 cm³/mol. The summed E-state index contributed by atoms with van der Waals surface area (Å²) in [4.78, 5) is 11.7. The number of rotatable bonds is 7. The second-order valence-electron chi connectivity index (χ2n) is 7.37. The Kier molecular flexibility index (Phi) is 7.47. The van der Waals surface area contributed by atoms with Crippen LogP contribution in [0.25, 0.3) is 0 Å². The van der Waals surface area contributed by atoms with Crippen molar-refractivity contribution in [3.05, 3.63) is 29.8 Å². The standard InChI is InChI=1S/C19H26O12/c1-27-16(25)9-3-2-4-10(5-9)30-17-14(23)13(22)12(21)11(31-17)6-28-18-15(24)19(26,7-20)8-29-18/h2-5,11-15,17-18,20-24,26H,6-8H2,1H3/t11-,12-,13+,14-,15+,17-,18-,19-/m1/s1. The van der Waals surface area contributed by atoms with Crippen LogP contribution in [0, 0.1) is 0 Å². The maximum Gasteiger partial charge on any atom is 0.337 e. The van der Waals surface area contributed by atoms with Crippen molar-refractivity contribution >= 4 is 5.97 Å². The third-order valence-corrected chi connectivity index (χ3v) is 5.18. The molecule has 0 unspecified atom stereocenters. The molecular weight excluding hydrogens is 420 g/mol. The minimum Gasteiger partial charge on any atom is -0.465 e. The van der Waals surface area contributed by atoms with Gasteiger partial charge in [-0.15, -0.1) is 0 Å². The Hall–Kier alpha value is -1.87. The van der Waals surface area contributed by atoms with Gasteiger partial charge in [-0.1, -0.05) is 6.07 Å². The summed E-state index contributed by atoms with van der Waals surface area (Å²) in [6.07, 6.45) is -10.3. The molecule has 0 spiro atoms. The third-order valence-electron chi connectivity index (χ3n) is 5.18. The molecule has 0 radical (unpaired) electrons. The van der Waals surface area contributed by atoms with Gasteiger partial charge in [0.15, 0.2) is 6.29 Å². The summed E-state index contributed by atoms with van der Waals surface area (Å²) in [6.45, 7) is -1.52. The SMILES string of the molecule is COC(=O)c1cccc(O[C@@H]2O[C@H](CO[C@@H]3OC[C@](O)(CO)[C@H]3O)[C@@H](O)[C@H](O)[C@H]2O)c1. The topological polar surface area (TPSA) is 185 Å². The second kappa shape index (κ2) is 9.73. The number of benzene rings is 1. The van der Waals surface area contributed by atoms with Gasteiger partial charge in [0.1, 0.15) is 41.9 Å². The van der Waals surface area contributed by atoms with E-state index in [0.29, 0.717) is 0 Å².